The first-order chi connectivity index (χ1) is 8.21. The van der Waals surface area contributed by atoms with Gasteiger partial charge in [-0.15, -0.1) is 0 Å². The number of thioether (sulfide) groups is 1. The number of allylic oxidation sites excluding steroid dienone is 1. The summed E-state index contributed by atoms with van der Waals surface area (Å²) < 4.78 is 22.7. The van der Waals surface area contributed by atoms with Gasteiger partial charge in [-0.25, -0.2) is 13.6 Å². The number of benzene rings is 1. The molecule has 1 aromatic rings. The molecule has 18 heavy (non-hydrogen) atoms. The van der Waals surface area contributed by atoms with Crippen LogP contribution in [0, 0.1) is 0 Å². The highest BCUT2D eigenvalue weighted by molar-refractivity contribution is 8.08. The standard InChI is InChI=1S/C11H13ClN2O2S2/c1-7(11(12)17-8(2)13)9-3-5-10(6-4-9)18(14,15)16/h3-6H,2,13H2,1H3,(H2,14,15,16)/b11-7+. The minimum absolute atomic E-state index is 0.0612. The number of nitrogens with two attached hydrogens (primary N) is 2. The van der Waals surface area contributed by atoms with Crippen molar-refractivity contribution in [2.75, 3.05) is 0 Å². The molecule has 0 fully saturated rings. The second kappa shape index (κ2) is 5.79. The van der Waals surface area contributed by atoms with Crippen molar-refractivity contribution >= 4 is 39.0 Å². The maximum Gasteiger partial charge on any atom is 0.238 e. The fourth-order valence-corrected chi connectivity index (χ4v) is 2.62. The summed E-state index contributed by atoms with van der Waals surface area (Å²) in [5, 5.41) is 5.40. The van der Waals surface area contributed by atoms with E-state index in [9.17, 15) is 8.42 Å². The van der Waals surface area contributed by atoms with E-state index in [4.69, 9.17) is 22.5 Å². The zero-order chi connectivity index (χ0) is 13.9. The van der Waals surface area contributed by atoms with Crippen LogP contribution in [0.15, 0.2) is 45.1 Å². The summed E-state index contributed by atoms with van der Waals surface area (Å²) >= 11 is 7.20. The lowest BCUT2D eigenvalue weighted by molar-refractivity contribution is 0.598. The van der Waals surface area contributed by atoms with E-state index in [1.807, 2.05) is 6.92 Å². The predicted molar refractivity (Wildman–Crippen MR) is 77.2 cm³/mol. The highest BCUT2D eigenvalue weighted by Gasteiger charge is 2.09. The van der Waals surface area contributed by atoms with Crippen LogP contribution in [-0.2, 0) is 10.0 Å². The van der Waals surface area contributed by atoms with Crippen LogP contribution in [-0.4, -0.2) is 8.42 Å². The van der Waals surface area contributed by atoms with Gasteiger partial charge in [-0.2, -0.15) is 0 Å². The third kappa shape index (κ3) is 4.06. The molecule has 98 valence electrons. The summed E-state index contributed by atoms with van der Waals surface area (Å²) in [5.74, 6) is 0. The van der Waals surface area contributed by atoms with Crippen LogP contribution < -0.4 is 10.9 Å². The van der Waals surface area contributed by atoms with Crippen LogP contribution in [0.5, 0.6) is 0 Å². The molecule has 0 aliphatic rings. The van der Waals surface area contributed by atoms with E-state index >= 15 is 0 Å². The summed E-state index contributed by atoms with van der Waals surface area (Å²) in [5.41, 5.74) is 7.02. The Morgan fingerprint density at radius 2 is 1.83 bits per heavy atom. The molecule has 0 bridgehead atoms. The summed E-state index contributed by atoms with van der Waals surface area (Å²) in [6.45, 7) is 5.35. The number of hydrogen-bond donors (Lipinski definition) is 2. The monoisotopic (exact) mass is 304 g/mol. The first-order valence-corrected chi connectivity index (χ1v) is 7.57. The van der Waals surface area contributed by atoms with Crippen molar-refractivity contribution in [3.63, 3.8) is 0 Å². The lowest BCUT2D eigenvalue weighted by Gasteiger charge is -2.06. The second-order valence-corrected chi connectivity index (χ2v) is 6.84. The lowest BCUT2D eigenvalue weighted by Crippen LogP contribution is -2.11. The first-order valence-electron chi connectivity index (χ1n) is 4.83. The molecule has 0 radical (unpaired) electrons. The summed E-state index contributed by atoms with van der Waals surface area (Å²) in [6.07, 6.45) is 0. The Morgan fingerprint density at radius 3 is 2.22 bits per heavy atom. The molecule has 7 heteroatoms. The Hall–Kier alpha value is -0.950. The molecule has 1 aromatic carbocycles. The van der Waals surface area contributed by atoms with Gasteiger partial charge in [0.2, 0.25) is 10.0 Å². The minimum Gasteiger partial charge on any atom is -0.394 e. The molecule has 0 aliphatic heterocycles. The Labute approximate surface area is 116 Å². The van der Waals surface area contributed by atoms with Crippen molar-refractivity contribution in [2.45, 2.75) is 11.8 Å². The number of rotatable bonds is 4. The van der Waals surface area contributed by atoms with E-state index in [-0.39, 0.29) is 4.90 Å². The van der Waals surface area contributed by atoms with Gasteiger partial charge in [0.25, 0.3) is 0 Å². The molecular weight excluding hydrogens is 292 g/mol. The molecule has 0 aromatic heterocycles. The van der Waals surface area contributed by atoms with E-state index in [0.29, 0.717) is 9.39 Å². The Bertz CT molecular complexity index is 592. The van der Waals surface area contributed by atoms with Gasteiger partial charge in [0, 0.05) is 0 Å². The van der Waals surface area contributed by atoms with Crippen LogP contribution in [0.3, 0.4) is 0 Å². The molecule has 0 amide bonds. The third-order valence-electron chi connectivity index (χ3n) is 2.13. The van der Waals surface area contributed by atoms with Crippen molar-refractivity contribution in [1.82, 2.24) is 0 Å². The second-order valence-electron chi connectivity index (χ2n) is 3.54. The van der Waals surface area contributed by atoms with Crippen molar-refractivity contribution in [3.05, 3.63) is 45.8 Å². The Morgan fingerprint density at radius 1 is 1.33 bits per heavy atom. The third-order valence-corrected chi connectivity index (χ3v) is 4.32. The molecule has 4 nitrogen and oxygen atoms in total. The molecule has 0 saturated carbocycles. The number of sulfonamides is 1. The zero-order valence-corrected chi connectivity index (χ0v) is 12.1. The van der Waals surface area contributed by atoms with Gasteiger partial charge in [-0.05, 0) is 30.2 Å². The van der Waals surface area contributed by atoms with Gasteiger partial charge < -0.3 is 5.73 Å². The predicted octanol–water partition coefficient (Wildman–Crippen LogP) is 2.42. The highest BCUT2D eigenvalue weighted by atomic mass is 35.5. The largest absolute Gasteiger partial charge is 0.394 e. The fourth-order valence-electron chi connectivity index (χ4n) is 1.20. The molecule has 0 spiro atoms. The van der Waals surface area contributed by atoms with Crippen LogP contribution >= 0.6 is 23.4 Å². The average Bonchev–Trinajstić information content (AvgIpc) is 2.26. The van der Waals surface area contributed by atoms with Crippen molar-refractivity contribution < 1.29 is 8.42 Å². The zero-order valence-electron chi connectivity index (χ0n) is 9.68. The normalized spacial score (nSPS) is 13.1. The van der Waals surface area contributed by atoms with Crippen LogP contribution in [0.1, 0.15) is 12.5 Å². The lowest BCUT2D eigenvalue weighted by atomic mass is 10.1. The van der Waals surface area contributed by atoms with E-state index in [1.165, 1.54) is 12.1 Å². The van der Waals surface area contributed by atoms with E-state index in [0.717, 1.165) is 22.9 Å². The van der Waals surface area contributed by atoms with Crippen LogP contribution in [0.4, 0.5) is 0 Å². The van der Waals surface area contributed by atoms with Crippen molar-refractivity contribution in [1.29, 1.82) is 0 Å². The summed E-state index contributed by atoms with van der Waals surface area (Å²) in [4.78, 5) is 0.0612. The number of primary sulfonamides is 1. The maximum absolute atomic E-state index is 11.1. The van der Waals surface area contributed by atoms with E-state index in [2.05, 4.69) is 6.58 Å². The quantitative estimate of drug-likeness (QED) is 0.894. The van der Waals surface area contributed by atoms with Gasteiger partial charge in [-0.1, -0.05) is 42.1 Å². The first kappa shape index (κ1) is 15.1. The van der Waals surface area contributed by atoms with Crippen molar-refractivity contribution in [2.24, 2.45) is 10.9 Å². The van der Waals surface area contributed by atoms with Crippen LogP contribution in [0.25, 0.3) is 5.57 Å². The fraction of sp³-hybridized carbons (Fsp3) is 0.0909. The smallest absolute Gasteiger partial charge is 0.238 e. The molecule has 0 aliphatic carbocycles. The summed E-state index contributed by atoms with van der Waals surface area (Å²) in [6, 6.07) is 6.13. The SMILES string of the molecule is C=C(N)S/C(Cl)=C(\C)c1ccc(S(N)(=O)=O)cc1. The molecular formula is C11H13ClN2O2S2. The Kier molecular flexibility index (Phi) is 4.86. The topological polar surface area (TPSA) is 86.2 Å². The highest BCUT2D eigenvalue weighted by Crippen LogP contribution is 2.32. The molecule has 1 rings (SSSR count). The van der Waals surface area contributed by atoms with Gasteiger partial charge in [0.15, 0.2) is 0 Å². The van der Waals surface area contributed by atoms with Crippen molar-refractivity contribution in [3.8, 4) is 0 Å². The molecule has 0 saturated heterocycles. The van der Waals surface area contributed by atoms with Gasteiger partial charge in [0.1, 0.15) is 0 Å². The summed E-state index contributed by atoms with van der Waals surface area (Å²) in [7, 11) is -3.67. The molecule has 4 N–H and O–H groups in total. The molecule has 0 atom stereocenters. The maximum atomic E-state index is 11.1. The number of halogens is 1. The molecule has 0 unspecified atom stereocenters. The van der Waals surface area contributed by atoms with Gasteiger partial charge in [0.05, 0.1) is 14.3 Å². The minimum atomic E-state index is -3.67. The average molecular weight is 305 g/mol. The van der Waals surface area contributed by atoms with E-state index in [1.54, 1.807) is 12.1 Å². The molecule has 0 heterocycles. The van der Waals surface area contributed by atoms with Gasteiger partial charge >= 0.3 is 0 Å². The van der Waals surface area contributed by atoms with Gasteiger partial charge in [-0.3, -0.25) is 0 Å². The number of hydrogen-bond acceptors (Lipinski definition) is 4. The Balaban J connectivity index is 3.09. The van der Waals surface area contributed by atoms with E-state index < -0.39 is 10.0 Å². The van der Waals surface area contributed by atoms with Crippen LogP contribution in [0.2, 0.25) is 0 Å².